The molecule has 2 nitrogen and oxygen atoms in total. The Kier molecular flexibility index (Phi) is 1.90. The first-order chi connectivity index (χ1) is 5.35. The number of hydrogen-bond donors (Lipinski definition) is 0. The smallest absolute Gasteiger partial charge is 0.168 e. The number of ether oxygens (including phenoxy) is 2. The second-order valence-corrected chi connectivity index (χ2v) is 3.40. The molecular formula is C9H14O2. The molecule has 2 rings (SSSR count). The lowest BCUT2D eigenvalue weighted by atomic mass is 10.2. The highest BCUT2D eigenvalue weighted by Gasteiger charge is 2.42. The molecule has 11 heavy (non-hydrogen) atoms. The molecule has 0 bridgehead atoms. The van der Waals surface area contributed by atoms with Gasteiger partial charge in [0.2, 0.25) is 0 Å². The van der Waals surface area contributed by atoms with Gasteiger partial charge in [0, 0.05) is 12.8 Å². The van der Waals surface area contributed by atoms with E-state index in [2.05, 4.69) is 0 Å². The zero-order valence-electron chi connectivity index (χ0n) is 6.71. The highest BCUT2D eigenvalue weighted by atomic mass is 16.7. The first-order valence-electron chi connectivity index (χ1n) is 4.36. The lowest BCUT2D eigenvalue weighted by Gasteiger charge is -2.21. The second kappa shape index (κ2) is 2.76. The molecule has 0 N–H and O–H groups in total. The SMILES string of the molecule is [CH]CC1COC2(CCCC2)O1. The summed E-state index contributed by atoms with van der Waals surface area (Å²) in [6, 6.07) is 0. The summed E-state index contributed by atoms with van der Waals surface area (Å²) >= 11 is 0. The van der Waals surface area contributed by atoms with Crippen LogP contribution < -0.4 is 0 Å². The third-order valence-electron chi connectivity index (χ3n) is 2.54. The van der Waals surface area contributed by atoms with E-state index in [1.807, 2.05) is 0 Å². The fraction of sp³-hybridized carbons (Fsp3) is 0.889. The Bertz CT molecular complexity index is 138. The second-order valence-electron chi connectivity index (χ2n) is 3.40. The maximum Gasteiger partial charge on any atom is 0.168 e. The Balaban J connectivity index is 1.96. The highest BCUT2D eigenvalue weighted by molar-refractivity contribution is 4.83. The van der Waals surface area contributed by atoms with Gasteiger partial charge in [-0.05, 0) is 26.2 Å². The van der Waals surface area contributed by atoms with Crippen molar-refractivity contribution >= 4 is 0 Å². The topological polar surface area (TPSA) is 18.5 Å². The molecule has 1 atom stereocenters. The van der Waals surface area contributed by atoms with Gasteiger partial charge >= 0.3 is 0 Å². The van der Waals surface area contributed by atoms with Crippen molar-refractivity contribution < 1.29 is 9.47 Å². The minimum atomic E-state index is -0.218. The van der Waals surface area contributed by atoms with E-state index in [4.69, 9.17) is 16.4 Å². The lowest BCUT2D eigenvalue weighted by Crippen LogP contribution is -2.26. The fourth-order valence-corrected chi connectivity index (χ4v) is 1.91. The van der Waals surface area contributed by atoms with Gasteiger partial charge in [-0.15, -0.1) is 0 Å². The first kappa shape index (κ1) is 7.56. The van der Waals surface area contributed by atoms with Crippen molar-refractivity contribution in [3.8, 4) is 0 Å². The third kappa shape index (κ3) is 1.30. The molecule has 0 aromatic carbocycles. The Morgan fingerprint density at radius 1 is 1.36 bits per heavy atom. The minimum absolute atomic E-state index is 0.146. The average molecular weight is 154 g/mol. The summed E-state index contributed by atoms with van der Waals surface area (Å²) in [5.74, 6) is -0.218. The average Bonchev–Trinajstić information content (AvgIpc) is 2.62. The molecule has 2 fully saturated rings. The normalized spacial score (nSPS) is 35.2. The van der Waals surface area contributed by atoms with Crippen LogP contribution in [-0.4, -0.2) is 18.5 Å². The lowest BCUT2D eigenvalue weighted by molar-refractivity contribution is -0.161. The number of rotatable bonds is 1. The van der Waals surface area contributed by atoms with Gasteiger partial charge in [-0.3, -0.25) is 0 Å². The highest BCUT2D eigenvalue weighted by Crippen LogP contribution is 2.39. The summed E-state index contributed by atoms with van der Waals surface area (Å²) in [5, 5.41) is 0. The van der Waals surface area contributed by atoms with Crippen LogP contribution in [0.15, 0.2) is 0 Å². The molecule has 0 aromatic heterocycles. The van der Waals surface area contributed by atoms with Gasteiger partial charge < -0.3 is 9.47 Å². The molecule has 1 heterocycles. The van der Waals surface area contributed by atoms with Gasteiger partial charge in [-0.1, -0.05) is 0 Å². The summed E-state index contributed by atoms with van der Waals surface area (Å²) in [5.41, 5.74) is 0. The van der Waals surface area contributed by atoms with E-state index in [1.165, 1.54) is 12.8 Å². The molecule has 2 radical (unpaired) electrons. The van der Waals surface area contributed by atoms with Crippen molar-refractivity contribution in [1.29, 1.82) is 0 Å². The summed E-state index contributed by atoms with van der Waals surface area (Å²) in [4.78, 5) is 0. The fourth-order valence-electron chi connectivity index (χ4n) is 1.91. The summed E-state index contributed by atoms with van der Waals surface area (Å²) in [6.07, 6.45) is 5.32. The van der Waals surface area contributed by atoms with E-state index in [0.29, 0.717) is 13.0 Å². The van der Waals surface area contributed by atoms with E-state index in [0.717, 1.165) is 12.8 Å². The van der Waals surface area contributed by atoms with Crippen LogP contribution in [0.25, 0.3) is 0 Å². The summed E-state index contributed by atoms with van der Waals surface area (Å²) in [7, 11) is 0. The largest absolute Gasteiger partial charge is 0.347 e. The van der Waals surface area contributed by atoms with Crippen LogP contribution in [0.3, 0.4) is 0 Å². The summed E-state index contributed by atoms with van der Waals surface area (Å²) < 4.78 is 11.3. The van der Waals surface area contributed by atoms with Gasteiger partial charge in [-0.25, -0.2) is 0 Å². The van der Waals surface area contributed by atoms with Crippen LogP contribution in [0, 0.1) is 6.92 Å². The van der Waals surface area contributed by atoms with E-state index in [9.17, 15) is 0 Å². The molecule has 1 saturated carbocycles. The molecule has 1 unspecified atom stereocenters. The predicted octanol–water partition coefficient (Wildman–Crippen LogP) is 1.77. The van der Waals surface area contributed by atoms with Gasteiger partial charge in [0.25, 0.3) is 0 Å². The van der Waals surface area contributed by atoms with Crippen molar-refractivity contribution in [2.24, 2.45) is 0 Å². The van der Waals surface area contributed by atoms with Gasteiger partial charge in [0.15, 0.2) is 5.79 Å². The number of hydrogen-bond acceptors (Lipinski definition) is 2. The zero-order valence-corrected chi connectivity index (χ0v) is 6.71. The van der Waals surface area contributed by atoms with Crippen LogP contribution >= 0.6 is 0 Å². The van der Waals surface area contributed by atoms with Crippen molar-refractivity contribution in [1.82, 2.24) is 0 Å². The van der Waals surface area contributed by atoms with Crippen molar-refractivity contribution in [2.75, 3.05) is 6.61 Å². The van der Waals surface area contributed by atoms with Crippen LogP contribution in [-0.2, 0) is 9.47 Å². The molecule has 2 aliphatic rings. The molecule has 62 valence electrons. The third-order valence-corrected chi connectivity index (χ3v) is 2.54. The maximum atomic E-state index is 5.71. The van der Waals surface area contributed by atoms with E-state index in [1.54, 1.807) is 0 Å². The van der Waals surface area contributed by atoms with E-state index < -0.39 is 0 Å². The van der Waals surface area contributed by atoms with E-state index >= 15 is 0 Å². The van der Waals surface area contributed by atoms with Gasteiger partial charge in [-0.2, -0.15) is 0 Å². The maximum absolute atomic E-state index is 5.71. The monoisotopic (exact) mass is 154 g/mol. The Morgan fingerprint density at radius 2 is 2.09 bits per heavy atom. The molecule has 0 amide bonds. The molecule has 1 aliphatic carbocycles. The zero-order chi connectivity index (χ0) is 7.73. The Hall–Kier alpha value is -0.0800. The Morgan fingerprint density at radius 3 is 2.64 bits per heavy atom. The van der Waals surface area contributed by atoms with E-state index in [-0.39, 0.29) is 11.9 Å². The van der Waals surface area contributed by atoms with Gasteiger partial charge in [0.1, 0.15) is 0 Å². The van der Waals surface area contributed by atoms with Crippen molar-refractivity contribution in [3.63, 3.8) is 0 Å². The quantitative estimate of drug-likeness (QED) is 0.573. The van der Waals surface area contributed by atoms with Crippen LogP contribution in [0.1, 0.15) is 32.1 Å². The van der Waals surface area contributed by atoms with Crippen LogP contribution in [0.4, 0.5) is 0 Å². The molecule has 2 heteroatoms. The van der Waals surface area contributed by atoms with Gasteiger partial charge in [0.05, 0.1) is 12.7 Å². The molecular weight excluding hydrogens is 140 g/mol. The molecule has 1 aliphatic heterocycles. The molecule has 1 spiro atoms. The minimum Gasteiger partial charge on any atom is -0.347 e. The van der Waals surface area contributed by atoms with Crippen molar-refractivity contribution in [2.45, 2.75) is 44.0 Å². The Labute approximate surface area is 67.9 Å². The first-order valence-corrected chi connectivity index (χ1v) is 4.36. The molecule has 0 aromatic rings. The summed E-state index contributed by atoms with van der Waals surface area (Å²) in [6.45, 7) is 6.17. The van der Waals surface area contributed by atoms with Crippen LogP contribution in [0.2, 0.25) is 0 Å². The predicted molar refractivity (Wildman–Crippen MR) is 40.9 cm³/mol. The van der Waals surface area contributed by atoms with Crippen LogP contribution in [0.5, 0.6) is 0 Å². The standard InChI is InChI=1S/C9H14O2/c1-2-8-7-10-9(11-8)5-3-4-6-9/h1,8H,2-7H2. The molecule has 1 saturated heterocycles. The van der Waals surface area contributed by atoms with Crippen molar-refractivity contribution in [3.05, 3.63) is 6.92 Å².